The van der Waals surface area contributed by atoms with E-state index in [9.17, 15) is 9.59 Å². The van der Waals surface area contributed by atoms with Gasteiger partial charge in [0, 0.05) is 6.92 Å². The molecule has 0 atom stereocenters. The van der Waals surface area contributed by atoms with Crippen LogP contribution in [0.3, 0.4) is 0 Å². The molecule has 0 saturated carbocycles. The van der Waals surface area contributed by atoms with Crippen LogP contribution >= 0.6 is 0 Å². The lowest BCUT2D eigenvalue weighted by Gasteiger charge is -2.18. The van der Waals surface area contributed by atoms with Gasteiger partial charge in [-0.15, -0.1) is 0 Å². The molecule has 0 rings (SSSR count). The van der Waals surface area contributed by atoms with Crippen molar-refractivity contribution in [1.82, 2.24) is 10.5 Å². The molecular formula is C7H14N2O4. The van der Waals surface area contributed by atoms with Crippen LogP contribution in [0.25, 0.3) is 0 Å². The molecule has 3 amide bonds. The second-order valence-electron chi connectivity index (χ2n) is 2.08. The standard InChI is InChI=1S/C7H14N2O4/c1-4-12-9(13-5-2)7(11)8-6(3)10/h4-5H2,1-3H3,(H,8,10,11). The predicted octanol–water partition coefficient (Wildman–Crippen LogP) is 0.448. The SMILES string of the molecule is CCON(OCC)C(=O)NC(C)=O. The summed E-state index contributed by atoms with van der Waals surface area (Å²) in [4.78, 5) is 31.2. The highest BCUT2D eigenvalue weighted by Crippen LogP contribution is 1.93. The van der Waals surface area contributed by atoms with Gasteiger partial charge in [0.2, 0.25) is 5.91 Å². The highest BCUT2D eigenvalue weighted by atomic mass is 17.0. The summed E-state index contributed by atoms with van der Waals surface area (Å²) in [6.45, 7) is 5.20. The monoisotopic (exact) mass is 190 g/mol. The van der Waals surface area contributed by atoms with Crippen LogP contribution in [-0.4, -0.2) is 30.4 Å². The first-order valence-electron chi connectivity index (χ1n) is 3.99. The summed E-state index contributed by atoms with van der Waals surface area (Å²) < 4.78 is 0. The van der Waals surface area contributed by atoms with E-state index in [1.165, 1.54) is 6.92 Å². The fraction of sp³-hybridized carbons (Fsp3) is 0.714. The van der Waals surface area contributed by atoms with Gasteiger partial charge in [-0.3, -0.25) is 10.1 Å². The summed E-state index contributed by atoms with van der Waals surface area (Å²) in [6.07, 6.45) is 0. The minimum atomic E-state index is -0.726. The summed E-state index contributed by atoms with van der Waals surface area (Å²) in [5.41, 5.74) is 0. The van der Waals surface area contributed by atoms with E-state index in [1.54, 1.807) is 13.8 Å². The molecule has 6 nitrogen and oxygen atoms in total. The van der Waals surface area contributed by atoms with E-state index in [1.807, 2.05) is 5.32 Å². The molecule has 0 aliphatic carbocycles. The van der Waals surface area contributed by atoms with E-state index in [4.69, 9.17) is 9.68 Å². The molecule has 0 aromatic heterocycles. The van der Waals surface area contributed by atoms with Gasteiger partial charge in [0.05, 0.1) is 13.2 Å². The largest absolute Gasteiger partial charge is 0.373 e. The lowest BCUT2D eigenvalue weighted by atomic mass is 10.7. The van der Waals surface area contributed by atoms with Crippen molar-refractivity contribution in [2.45, 2.75) is 20.8 Å². The number of carbonyl (C=O) groups excluding carboxylic acids is 2. The fourth-order valence-electron chi connectivity index (χ4n) is 0.585. The molecule has 76 valence electrons. The van der Waals surface area contributed by atoms with Crippen LogP contribution in [0.5, 0.6) is 0 Å². The van der Waals surface area contributed by atoms with Gasteiger partial charge in [0.25, 0.3) is 0 Å². The molecule has 0 aromatic rings. The van der Waals surface area contributed by atoms with Crippen molar-refractivity contribution in [3.8, 4) is 0 Å². The van der Waals surface area contributed by atoms with Gasteiger partial charge in [-0.1, -0.05) is 5.23 Å². The molecule has 6 heteroatoms. The van der Waals surface area contributed by atoms with E-state index in [-0.39, 0.29) is 13.2 Å². The third kappa shape index (κ3) is 5.15. The maximum Gasteiger partial charge on any atom is 0.373 e. The van der Waals surface area contributed by atoms with Gasteiger partial charge in [-0.05, 0) is 13.8 Å². The van der Waals surface area contributed by atoms with E-state index >= 15 is 0 Å². The molecule has 0 aromatic carbocycles. The Kier molecular flexibility index (Phi) is 5.82. The maximum absolute atomic E-state index is 11.1. The number of imide groups is 1. The zero-order valence-corrected chi connectivity index (χ0v) is 7.99. The number of hydrogen-bond acceptors (Lipinski definition) is 4. The third-order valence-electron chi connectivity index (χ3n) is 0.941. The molecule has 0 aliphatic rings. The molecule has 0 bridgehead atoms. The first kappa shape index (κ1) is 11.9. The Morgan fingerprint density at radius 2 is 1.69 bits per heavy atom. The minimum absolute atomic E-state index is 0.283. The lowest BCUT2D eigenvalue weighted by molar-refractivity contribution is -0.322. The Balaban J connectivity index is 4.02. The lowest BCUT2D eigenvalue weighted by Crippen LogP contribution is -2.42. The minimum Gasteiger partial charge on any atom is -0.275 e. The molecule has 0 aliphatic heterocycles. The Bertz CT molecular complexity index is 177. The van der Waals surface area contributed by atoms with Crippen molar-refractivity contribution in [3.63, 3.8) is 0 Å². The second kappa shape index (κ2) is 6.38. The average Bonchev–Trinajstić information content (AvgIpc) is 2.02. The summed E-state index contributed by atoms with van der Waals surface area (Å²) in [5, 5.41) is 2.66. The van der Waals surface area contributed by atoms with Crippen molar-refractivity contribution in [3.05, 3.63) is 0 Å². The Labute approximate surface area is 76.7 Å². The molecule has 0 saturated heterocycles. The number of hydrogen-bond donors (Lipinski definition) is 1. The highest BCUT2D eigenvalue weighted by Gasteiger charge is 2.15. The van der Waals surface area contributed by atoms with Crippen molar-refractivity contribution >= 4 is 11.9 Å². The average molecular weight is 190 g/mol. The Morgan fingerprint density at radius 1 is 1.23 bits per heavy atom. The van der Waals surface area contributed by atoms with Gasteiger partial charge in [-0.2, -0.15) is 0 Å². The number of rotatable bonds is 4. The Morgan fingerprint density at radius 3 is 2.00 bits per heavy atom. The number of nitrogens with zero attached hydrogens (tertiary/aromatic N) is 1. The molecule has 0 unspecified atom stereocenters. The van der Waals surface area contributed by atoms with Crippen molar-refractivity contribution < 1.29 is 19.3 Å². The molecule has 0 spiro atoms. The van der Waals surface area contributed by atoms with Crippen LogP contribution in [-0.2, 0) is 14.5 Å². The van der Waals surface area contributed by atoms with E-state index < -0.39 is 11.9 Å². The van der Waals surface area contributed by atoms with Gasteiger partial charge in [0.1, 0.15) is 0 Å². The van der Waals surface area contributed by atoms with Gasteiger partial charge < -0.3 is 0 Å². The second-order valence-corrected chi connectivity index (χ2v) is 2.08. The van der Waals surface area contributed by atoms with Crippen LogP contribution < -0.4 is 5.32 Å². The van der Waals surface area contributed by atoms with E-state index in [0.717, 1.165) is 0 Å². The summed E-state index contributed by atoms with van der Waals surface area (Å²) >= 11 is 0. The quantitative estimate of drug-likeness (QED) is 0.653. The predicted molar refractivity (Wildman–Crippen MR) is 44.3 cm³/mol. The Hall–Kier alpha value is -1.14. The number of urea groups is 1. The number of carbonyl (C=O) groups is 2. The van der Waals surface area contributed by atoms with Crippen LogP contribution in [0.4, 0.5) is 4.79 Å². The van der Waals surface area contributed by atoms with Crippen molar-refractivity contribution in [2.75, 3.05) is 13.2 Å². The fourth-order valence-corrected chi connectivity index (χ4v) is 0.585. The van der Waals surface area contributed by atoms with Crippen LogP contribution in [0.15, 0.2) is 0 Å². The highest BCUT2D eigenvalue weighted by molar-refractivity contribution is 5.92. The van der Waals surface area contributed by atoms with Crippen molar-refractivity contribution in [1.29, 1.82) is 0 Å². The molecular weight excluding hydrogens is 176 g/mol. The first-order chi connectivity index (χ1) is 6.11. The number of amides is 3. The van der Waals surface area contributed by atoms with Crippen LogP contribution in [0.1, 0.15) is 20.8 Å². The number of hydroxylamine groups is 2. The third-order valence-corrected chi connectivity index (χ3v) is 0.941. The maximum atomic E-state index is 11.1. The van der Waals surface area contributed by atoms with E-state index in [2.05, 4.69) is 0 Å². The number of nitrogens with one attached hydrogen (secondary N) is 1. The molecule has 0 radical (unpaired) electrons. The summed E-state index contributed by atoms with van der Waals surface area (Å²) in [5.74, 6) is -0.464. The van der Waals surface area contributed by atoms with Gasteiger partial charge in [0.15, 0.2) is 0 Å². The zero-order valence-electron chi connectivity index (χ0n) is 7.99. The zero-order chi connectivity index (χ0) is 10.3. The van der Waals surface area contributed by atoms with Crippen LogP contribution in [0.2, 0.25) is 0 Å². The smallest absolute Gasteiger partial charge is 0.275 e. The summed E-state index contributed by atoms with van der Waals surface area (Å²) in [6, 6.07) is -0.726. The normalized spacial score (nSPS) is 9.46. The van der Waals surface area contributed by atoms with Crippen LogP contribution in [0, 0.1) is 0 Å². The molecule has 1 N–H and O–H groups in total. The molecule has 0 fully saturated rings. The first-order valence-corrected chi connectivity index (χ1v) is 3.99. The molecule has 0 heterocycles. The van der Waals surface area contributed by atoms with Crippen molar-refractivity contribution in [2.24, 2.45) is 0 Å². The van der Waals surface area contributed by atoms with Gasteiger partial charge in [-0.25, -0.2) is 14.5 Å². The summed E-state index contributed by atoms with van der Waals surface area (Å²) in [7, 11) is 0. The van der Waals surface area contributed by atoms with Gasteiger partial charge >= 0.3 is 6.03 Å². The molecule has 13 heavy (non-hydrogen) atoms. The topological polar surface area (TPSA) is 67.9 Å². The van der Waals surface area contributed by atoms with E-state index in [0.29, 0.717) is 5.23 Å².